The van der Waals surface area contributed by atoms with Crippen molar-refractivity contribution in [3.8, 4) is 0 Å². The Morgan fingerprint density at radius 3 is 2.32 bits per heavy atom. The van der Waals surface area contributed by atoms with Gasteiger partial charge in [0.15, 0.2) is 0 Å². The van der Waals surface area contributed by atoms with Crippen LogP contribution >= 0.6 is 11.3 Å². The Morgan fingerprint density at radius 1 is 1.10 bits per heavy atom. The second-order valence-corrected chi connectivity index (χ2v) is 11.6. The first-order valence-corrected chi connectivity index (χ1v) is 13.1. The molecule has 0 aromatic carbocycles. The number of nitrogens with zero attached hydrogens (tertiary/aromatic N) is 3. The van der Waals surface area contributed by atoms with E-state index in [-0.39, 0.29) is 23.8 Å². The molecule has 31 heavy (non-hydrogen) atoms. The van der Waals surface area contributed by atoms with Crippen LogP contribution in [0.1, 0.15) is 62.6 Å². The van der Waals surface area contributed by atoms with E-state index in [4.69, 9.17) is 0 Å². The zero-order chi connectivity index (χ0) is 21.4. The lowest BCUT2D eigenvalue weighted by molar-refractivity contribution is -0.136. The maximum absolute atomic E-state index is 12.7. The average molecular weight is 445 g/mol. The number of hydrogen-bond acceptors (Lipinski definition) is 5. The van der Waals surface area contributed by atoms with Crippen molar-refractivity contribution in [3.05, 3.63) is 16.1 Å². The van der Waals surface area contributed by atoms with Gasteiger partial charge in [-0.1, -0.05) is 6.92 Å². The van der Waals surface area contributed by atoms with Crippen LogP contribution in [0.4, 0.5) is 0 Å². The lowest BCUT2D eigenvalue weighted by Crippen LogP contribution is -2.51. The molecular formula is C24H36N4O2S. The van der Waals surface area contributed by atoms with E-state index in [1.807, 2.05) is 4.90 Å². The van der Waals surface area contributed by atoms with E-state index in [9.17, 15) is 9.59 Å². The fraction of sp³-hybridized carbons (Fsp3) is 0.792. The van der Waals surface area contributed by atoms with Gasteiger partial charge in [-0.3, -0.25) is 14.5 Å². The number of carbonyl (C=O) groups excluding carboxylic acids is 2. The summed E-state index contributed by atoms with van der Waals surface area (Å²) in [6, 6.07) is 0. The van der Waals surface area contributed by atoms with Gasteiger partial charge in [0.1, 0.15) is 0 Å². The first kappa shape index (κ1) is 21.4. The van der Waals surface area contributed by atoms with E-state index in [0.29, 0.717) is 6.42 Å². The molecule has 0 radical (unpaired) electrons. The van der Waals surface area contributed by atoms with Gasteiger partial charge >= 0.3 is 0 Å². The summed E-state index contributed by atoms with van der Waals surface area (Å²) in [6.07, 6.45) is 9.52. The quantitative estimate of drug-likeness (QED) is 0.702. The summed E-state index contributed by atoms with van der Waals surface area (Å²) < 4.78 is 0. The standard InChI is InChI=1S/C24H36N4O2S/c1-2-22-26-20(16-31-22)15-27-3-5-28(6-4-27)23(30)14-25-21(29)13-24-10-17-7-18(11-24)9-19(8-17)12-24/h16-19H,2-15H2,1H3,(H,25,29). The topological polar surface area (TPSA) is 65.5 Å². The van der Waals surface area contributed by atoms with Crippen LogP contribution in [0.2, 0.25) is 0 Å². The van der Waals surface area contributed by atoms with Crippen molar-refractivity contribution in [2.45, 2.75) is 64.8 Å². The maximum Gasteiger partial charge on any atom is 0.242 e. The molecule has 6 rings (SSSR count). The minimum absolute atomic E-state index is 0.0560. The van der Waals surface area contributed by atoms with Crippen LogP contribution in [0, 0.1) is 23.2 Å². The molecule has 1 aromatic rings. The first-order chi connectivity index (χ1) is 15.0. The van der Waals surface area contributed by atoms with Gasteiger partial charge in [-0.05, 0) is 68.1 Å². The molecule has 4 saturated carbocycles. The Balaban J connectivity index is 1.04. The van der Waals surface area contributed by atoms with Gasteiger partial charge in [0.25, 0.3) is 0 Å². The Morgan fingerprint density at radius 2 is 1.74 bits per heavy atom. The van der Waals surface area contributed by atoms with Gasteiger partial charge in [-0.15, -0.1) is 11.3 Å². The molecule has 4 bridgehead atoms. The van der Waals surface area contributed by atoms with Crippen molar-refractivity contribution in [2.75, 3.05) is 32.7 Å². The lowest BCUT2D eigenvalue weighted by atomic mass is 9.49. The molecule has 6 nitrogen and oxygen atoms in total. The number of rotatable bonds is 7. The molecule has 2 heterocycles. The van der Waals surface area contributed by atoms with E-state index >= 15 is 0 Å². The van der Waals surface area contributed by atoms with Gasteiger partial charge in [0.05, 0.1) is 17.2 Å². The van der Waals surface area contributed by atoms with Crippen LogP contribution in [0.5, 0.6) is 0 Å². The van der Waals surface area contributed by atoms with Gasteiger partial charge in [-0.25, -0.2) is 4.98 Å². The molecule has 0 spiro atoms. The van der Waals surface area contributed by atoms with E-state index in [1.165, 1.54) is 43.5 Å². The highest BCUT2D eigenvalue weighted by molar-refractivity contribution is 7.09. The Hall–Kier alpha value is -1.47. The summed E-state index contributed by atoms with van der Waals surface area (Å²) in [7, 11) is 0. The van der Waals surface area contributed by atoms with Crippen LogP contribution in [-0.4, -0.2) is 59.3 Å². The molecule has 5 aliphatic rings. The summed E-state index contributed by atoms with van der Waals surface area (Å²) in [6.45, 7) is 6.34. The third-order valence-electron chi connectivity index (χ3n) is 8.15. The predicted molar refractivity (Wildman–Crippen MR) is 122 cm³/mol. The number of aromatic nitrogens is 1. The van der Waals surface area contributed by atoms with Gasteiger partial charge in [0.2, 0.25) is 11.8 Å². The smallest absolute Gasteiger partial charge is 0.242 e. The highest BCUT2D eigenvalue weighted by Gasteiger charge is 2.51. The molecule has 7 heteroatoms. The third-order valence-corrected chi connectivity index (χ3v) is 9.19. The predicted octanol–water partition coefficient (Wildman–Crippen LogP) is 3.07. The van der Waals surface area contributed by atoms with E-state index < -0.39 is 0 Å². The number of piperazine rings is 1. The minimum Gasteiger partial charge on any atom is -0.347 e. The summed E-state index contributed by atoms with van der Waals surface area (Å²) in [5.74, 6) is 2.71. The van der Waals surface area contributed by atoms with Crippen LogP contribution in [0.15, 0.2) is 5.38 Å². The van der Waals surface area contributed by atoms with E-state index in [2.05, 4.69) is 27.5 Å². The van der Waals surface area contributed by atoms with Crippen LogP contribution < -0.4 is 5.32 Å². The molecule has 5 fully saturated rings. The van der Waals surface area contributed by atoms with Crippen molar-refractivity contribution < 1.29 is 9.59 Å². The molecule has 170 valence electrons. The molecule has 4 aliphatic carbocycles. The van der Waals surface area contributed by atoms with Crippen LogP contribution in [0.3, 0.4) is 0 Å². The fourth-order valence-corrected chi connectivity index (χ4v) is 7.90. The summed E-state index contributed by atoms with van der Waals surface area (Å²) >= 11 is 1.73. The number of nitrogens with one attached hydrogen (secondary N) is 1. The van der Waals surface area contributed by atoms with Gasteiger partial charge in [-0.2, -0.15) is 0 Å². The number of aryl methyl sites for hydroxylation is 1. The maximum atomic E-state index is 12.7. The molecule has 2 amide bonds. The molecule has 0 atom stereocenters. The molecule has 1 aliphatic heterocycles. The summed E-state index contributed by atoms with van der Waals surface area (Å²) in [4.78, 5) is 34.3. The van der Waals surface area contributed by atoms with E-state index in [1.54, 1.807) is 11.3 Å². The summed E-state index contributed by atoms with van der Waals surface area (Å²) in [5.41, 5.74) is 1.37. The van der Waals surface area contributed by atoms with Crippen LogP contribution in [0.25, 0.3) is 0 Å². The number of thiazole rings is 1. The highest BCUT2D eigenvalue weighted by atomic mass is 32.1. The van der Waals surface area contributed by atoms with Crippen molar-refractivity contribution in [3.63, 3.8) is 0 Å². The Kier molecular flexibility index (Phi) is 6.08. The first-order valence-electron chi connectivity index (χ1n) is 12.2. The second kappa shape index (κ2) is 8.81. The lowest BCUT2D eigenvalue weighted by Gasteiger charge is -2.56. The van der Waals surface area contributed by atoms with Gasteiger partial charge in [0, 0.05) is 44.5 Å². The zero-order valence-electron chi connectivity index (χ0n) is 18.8. The molecule has 0 unspecified atom stereocenters. The molecular weight excluding hydrogens is 408 g/mol. The van der Waals surface area contributed by atoms with E-state index in [0.717, 1.165) is 62.6 Å². The SMILES string of the molecule is CCc1nc(CN2CCN(C(=O)CNC(=O)CC34CC5CC(CC(C5)C3)C4)CC2)cs1. The van der Waals surface area contributed by atoms with Crippen LogP contribution in [-0.2, 0) is 22.6 Å². The summed E-state index contributed by atoms with van der Waals surface area (Å²) in [5, 5.41) is 6.30. The Labute approximate surface area is 189 Å². The minimum atomic E-state index is 0.0560. The second-order valence-electron chi connectivity index (χ2n) is 10.6. The molecule has 1 aromatic heterocycles. The number of amides is 2. The molecule has 1 N–H and O–H groups in total. The zero-order valence-corrected chi connectivity index (χ0v) is 19.6. The van der Waals surface area contributed by atoms with Crippen molar-refractivity contribution in [1.29, 1.82) is 0 Å². The molecule has 1 saturated heterocycles. The highest BCUT2D eigenvalue weighted by Crippen LogP contribution is 2.61. The Bertz CT molecular complexity index is 779. The van der Waals surface area contributed by atoms with Crippen molar-refractivity contribution >= 4 is 23.2 Å². The fourth-order valence-electron chi connectivity index (χ4n) is 7.16. The monoisotopic (exact) mass is 444 g/mol. The van der Waals surface area contributed by atoms with Gasteiger partial charge < -0.3 is 10.2 Å². The largest absolute Gasteiger partial charge is 0.347 e. The van der Waals surface area contributed by atoms with Crippen molar-refractivity contribution in [2.24, 2.45) is 23.2 Å². The normalized spacial score (nSPS) is 32.4. The average Bonchev–Trinajstić information content (AvgIpc) is 3.19. The third kappa shape index (κ3) is 4.82. The number of hydrogen-bond donors (Lipinski definition) is 1. The number of carbonyl (C=O) groups is 2. The van der Waals surface area contributed by atoms with Crippen molar-refractivity contribution in [1.82, 2.24) is 20.1 Å².